The molecule has 1 aliphatic rings. The quantitative estimate of drug-likeness (QED) is 0.785. The van der Waals surface area contributed by atoms with Gasteiger partial charge in [-0.1, -0.05) is 37.6 Å². The molecule has 0 saturated carbocycles. The van der Waals surface area contributed by atoms with Crippen molar-refractivity contribution in [3.8, 4) is 5.75 Å². The summed E-state index contributed by atoms with van der Waals surface area (Å²) in [6.07, 6.45) is 0. The Balaban J connectivity index is 2.23. The van der Waals surface area contributed by atoms with Gasteiger partial charge in [-0.05, 0) is 30.5 Å². The van der Waals surface area contributed by atoms with Crippen LogP contribution in [0.3, 0.4) is 0 Å². The summed E-state index contributed by atoms with van der Waals surface area (Å²) in [7, 11) is 0. The smallest absolute Gasteiger partial charge is 0.273 e. The topological polar surface area (TPSA) is 46.6 Å². The van der Waals surface area contributed by atoms with E-state index in [1.807, 2.05) is 0 Å². The number of hydrogen-bond acceptors (Lipinski definition) is 3. The minimum atomic E-state index is -0.431. The SMILES string of the molecule is CCN1C(=O)C(Cl)=C(c2ccc(OCC(C)C)cc2)C1=O. The second-order valence-electron chi connectivity index (χ2n) is 5.27. The van der Waals surface area contributed by atoms with Gasteiger partial charge in [0.1, 0.15) is 10.8 Å². The lowest BCUT2D eigenvalue weighted by atomic mass is 10.1. The Morgan fingerprint density at radius 2 is 1.76 bits per heavy atom. The first-order valence-electron chi connectivity index (χ1n) is 6.94. The number of halogens is 1. The highest BCUT2D eigenvalue weighted by atomic mass is 35.5. The van der Waals surface area contributed by atoms with Crippen LogP contribution in [0.5, 0.6) is 5.75 Å². The fourth-order valence-corrected chi connectivity index (χ4v) is 2.36. The van der Waals surface area contributed by atoms with E-state index in [2.05, 4.69) is 13.8 Å². The van der Waals surface area contributed by atoms with Crippen LogP contribution in [0.4, 0.5) is 0 Å². The number of ether oxygens (including phenoxy) is 1. The first-order valence-corrected chi connectivity index (χ1v) is 7.32. The molecule has 1 aromatic rings. The molecule has 2 amide bonds. The maximum absolute atomic E-state index is 12.2. The van der Waals surface area contributed by atoms with Crippen LogP contribution in [0, 0.1) is 5.92 Å². The van der Waals surface area contributed by atoms with Gasteiger partial charge in [0.15, 0.2) is 0 Å². The van der Waals surface area contributed by atoms with Crippen LogP contribution >= 0.6 is 11.6 Å². The highest BCUT2D eigenvalue weighted by Crippen LogP contribution is 2.32. The average Bonchev–Trinajstić information content (AvgIpc) is 2.67. The van der Waals surface area contributed by atoms with Crippen LogP contribution in [-0.2, 0) is 9.59 Å². The molecule has 0 N–H and O–H groups in total. The molecule has 0 radical (unpaired) electrons. The number of rotatable bonds is 5. The van der Waals surface area contributed by atoms with Crippen molar-refractivity contribution in [1.29, 1.82) is 0 Å². The summed E-state index contributed by atoms with van der Waals surface area (Å²) in [5.74, 6) is 0.393. The Morgan fingerprint density at radius 3 is 2.24 bits per heavy atom. The van der Waals surface area contributed by atoms with Crippen molar-refractivity contribution in [1.82, 2.24) is 4.90 Å². The first kappa shape index (κ1) is 15.6. The number of likely N-dealkylation sites (N-methyl/N-ethyl adjacent to an activating group) is 1. The number of carbonyl (C=O) groups is 2. The lowest BCUT2D eigenvalue weighted by Gasteiger charge is -2.11. The fourth-order valence-electron chi connectivity index (χ4n) is 2.06. The summed E-state index contributed by atoms with van der Waals surface area (Å²) in [5.41, 5.74) is 0.894. The largest absolute Gasteiger partial charge is 0.493 e. The average molecular weight is 308 g/mol. The molecule has 5 heteroatoms. The van der Waals surface area contributed by atoms with E-state index < -0.39 is 5.91 Å². The van der Waals surface area contributed by atoms with Crippen molar-refractivity contribution in [2.24, 2.45) is 5.92 Å². The summed E-state index contributed by atoms with van der Waals surface area (Å²) in [5, 5.41) is -0.0160. The van der Waals surface area contributed by atoms with Crippen LogP contribution in [0.1, 0.15) is 26.3 Å². The third-order valence-electron chi connectivity index (χ3n) is 3.15. The van der Waals surface area contributed by atoms with Gasteiger partial charge in [-0.3, -0.25) is 14.5 Å². The van der Waals surface area contributed by atoms with E-state index in [4.69, 9.17) is 16.3 Å². The van der Waals surface area contributed by atoms with Gasteiger partial charge < -0.3 is 4.74 Å². The molecule has 0 fully saturated rings. The molecule has 0 saturated heterocycles. The highest BCUT2D eigenvalue weighted by Gasteiger charge is 2.36. The zero-order valence-corrected chi connectivity index (χ0v) is 13.1. The molecule has 0 aromatic heterocycles. The Hall–Kier alpha value is -1.81. The lowest BCUT2D eigenvalue weighted by Crippen LogP contribution is -2.30. The van der Waals surface area contributed by atoms with Crippen LogP contribution in [0.15, 0.2) is 29.3 Å². The van der Waals surface area contributed by atoms with E-state index in [0.29, 0.717) is 24.6 Å². The summed E-state index contributed by atoms with van der Waals surface area (Å²) in [4.78, 5) is 25.2. The van der Waals surface area contributed by atoms with Crippen molar-refractivity contribution in [3.05, 3.63) is 34.9 Å². The summed E-state index contributed by atoms with van der Waals surface area (Å²) in [6, 6.07) is 7.05. The molecule has 4 nitrogen and oxygen atoms in total. The van der Waals surface area contributed by atoms with Gasteiger partial charge in [0.25, 0.3) is 11.8 Å². The van der Waals surface area contributed by atoms with Crippen LogP contribution < -0.4 is 4.74 Å². The molecule has 0 aliphatic carbocycles. The number of nitrogens with zero attached hydrogens (tertiary/aromatic N) is 1. The van der Waals surface area contributed by atoms with Gasteiger partial charge >= 0.3 is 0 Å². The lowest BCUT2D eigenvalue weighted by molar-refractivity contribution is -0.136. The standard InChI is InChI=1S/C16H18ClNO3/c1-4-18-15(19)13(14(17)16(18)20)11-5-7-12(8-6-11)21-9-10(2)3/h5-8,10H,4,9H2,1-3H3. The van der Waals surface area contributed by atoms with E-state index >= 15 is 0 Å². The number of amides is 2. The van der Waals surface area contributed by atoms with Crippen molar-refractivity contribution in [3.63, 3.8) is 0 Å². The Morgan fingerprint density at radius 1 is 1.14 bits per heavy atom. The molecule has 1 aliphatic heterocycles. The zero-order valence-electron chi connectivity index (χ0n) is 12.4. The van der Waals surface area contributed by atoms with E-state index in [0.717, 1.165) is 10.6 Å². The second-order valence-corrected chi connectivity index (χ2v) is 5.65. The first-order chi connectivity index (χ1) is 9.95. The molecular formula is C16H18ClNO3. The summed E-state index contributed by atoms with van der Waals surface area (Å²) < 4.78 is 5.59. The predicted octanol–water partition coefficient (Wildman–Crippen LogP) is 3.06. The third kappa shape index (κ3) is 3.10. The van der Waals surface area contributed by atoms with Crippen LogP contribution in [0.2, 0.25) is 0 Å². The highest BCUT2D eigenvalue weighted by molar-refractivity contribution is 6.55. The molecule has 112 valence electrons. The monoisotopic (exact) mass is 307 g/mol. The summed E-state index contributed by atoms with van der Waals surface area (Å²) >= 11 is 6.01. The Bertz CT molecular complexity index is 590. The Kier molecular flexibility index (Phi) is 4.68. The molecule has 0 bridgehead atoms. The zero-order chi connectivity index (χ0) is 15.6. The molecular weight excluding hydrogens is 290 g/mol. The Labute approximate surface area is 129 Å². The van der Waals surface area contributed by atoms with Crippen molar-refractivity contribution in [2.45, 2.75) is 20.8 Å². The number of benzene rings is 1. The molecule has 21 heavy (non-hydrogen) atoms. The van der Waals surface area contributed by atoms with E-state index in [1.54, 1.807) is 31.2 Å². The normalized spacial score (nSPS) is 15.4. The minimum Gasteiger partial charge on any atom is -0.493 e. The molecule has 1 heterocycles. The number of hydrogen-bond donors (Lipinski definition) is 0. The number of imide groups is 1. The number of carbonyl (C=O) groups excluding carboxylic acids is 2. The second kappa shape index (κ2) is 6.31. The molecule has 1 aromatic carbocycles. The van der Waals surface area contributed by atoms with Gasteiger partial charge in [0, 0.05) is 6.54 Å². The van der Waals surface area contributed by atoms with Crippen molar-refractivity contribution in [2.75, 3.05) is 13.2 Å². The van der Waals surface area contributed by atoms with Gasteiger partial charge in [0.2, 0.25) is 0 Å². The molecule has 0 spiro atoms. The van der Waals surface area contributed by atoms with Crippen LogP contribution in [0.25, 0.3) is 5.57 Å². The van der Waals surface area contributed by atoms with Crippen molar-refractivity contribution >= 4 is 29.0 Å². The predicted molar refractivity (Wildman–Crippen MR) is 81.9 cm³/mol. The molecule has 0 atom stereocenters. The molecule has 0 unspecified atom stereocenters. The van der Waals surface area contributed by atoms with E-state index in [1.165, 1.54) is 0 Å². The summed E-state index contributed by atoms with van der Waals surface area (Å²) in [6.45, 7) is 6.82. The van der Waals surface area contributed by atoms with Gasteiger partial charge in [-0.2, -0.15) is 0 Å². The van der Waals surface area contributed by atoms with Gasteiger partial charge in [-0.25, -0.2) is 0 Å². The van der Waals surface area contributed by atoms with Gasteiger partial charge in [-0.15, -0.1) is 0 Å². The van der Waals surface area contributed by atoms with Gasteiger partial charge in [0.05, 0.1) is 12.2 Å². The van der Waals surface area contributed by atoms with Crippen LogP contribution in [-0.4, -0.2) is 29.9 Å². The maximum atomic E-state index is 12.2. The molecule has 2 rings (SSSR count). The fraction of sp³-hybridized carbons (Fsp3) is 0.375. The van der Waals surface area contributed by atoms with E-state index in [-0.39, 0.29) is 16.5 Å². The maximum Gasteiger partial charge on any atom is 0.273 e. The third-order valence-corrected chi connectivity index (χ3v) is 3.50. The van der Waals surface area contributed by atoms with Crippen molar-refractivity contribution < 1.29 is 14.3 Å². The minimum absolute atomic E-state index is 0.0160. The van der Waals surface area contributed by atoms with E-state index in [9.17, 15) is 9.59 Å².